The van der Waals surface area contributed by atoms with Crippen molar-refractivity contribution < 1.29 is 0 Å². The molecule has 0 spiro atoms. The molecule has 2 atom stereocenters. The summed E-state index contributed by atoms with van der Waals surface area (Å²) in [6.07, 6.45) is 0. The molecule has 0 aromatic heterocycles. The summed E-state index contributed by atoms with van der Waals surface area (Å²) >= 11 is 13.2. The Morgan fingerprint density at radius 1 is 0.667 bits per heavy atom. The second-order valence-corrected chi connectivity index (χ2v) is 26.8. The van der Waals surface area contributed by atoms with Crippen molar-refractivity contribution in [2.75, 3.05) is 0 Å². The van der Waals surface area contributed by atoms with E-state index in [0.29, 0.717) is 10.3 Å². The molecule has 0 aliphatic carbocycles. The van der Waals surface area contributed by atoms with E-state index in [1.807, 2.05) is 0 Å². The van der Waals surface area contributed by atoms with E-state index in [9.17, 15) is 0 Å². The number of halogens is 2. The Labute approximate surface area is 108 Å². The lowest BCUT2D eigenvalue weighted by Gasteiger charge is -2.44. The molecular formula is C10H26Cl2Si3. The fourth-order valence-electron chi connectivity index (χ4n) is 2.14. The van der Waals surface area contributed by atoms with Gasteiger partial charge in [0.15, 0.2) is 14.8 Å². The maximum Gasteiger partial charge on any atom is 0.150 e. The zero-order valence-corrected chi connectivity index (χ0v) is 15.9. The van der Waals surface area contributed by atoms with Gasteiger partial charge in [-0.3, -0.25) is 0 Å². The van der Waals surface area contributed by atoms with Crippen LogP contribution in [-0.4, -0.2) is 22.8 Å². The van der Waals surface area contributed by atoms with Gasteiger partial charge in [-0.25, -0.2) is 0 Å². The molecule has 15 heavy (non-hydrogen) atoms. The summed E-state index contributed by atoms with van der Waals surface area (Å²) in [5, 5.41) is 1.43. The van der Waals surface area contributed by atoms with Crippen LogP contribution in [0.4, 0.5) is 0 Å². The molecule has 2 unspecified atom stereocenters. The molecule has 0 aliphatic heterocycles. The van der Waals surface area contributed by atoms with E-state index < -0.39 is 22.8 Å². The van der Waals surface area contributed by atoms with Gasteiger partial charge in [0.25, 0.3) is 0 Å². The molecule has 0 aliphatic rings. The van der Waals surface area contributed by atoms with E-state index >= 15 is 0 Å². The Morgan fingerprint density at radius 3 is 1.00 bits per heavy atom. The third-order valence-electron chi connectivity index (χ3n) is 4.29. The fourth-order valence-corrected chi connectivity index (χ4v) is 24.1. The van der Waals surface area contributed by atoms with E-state index in [-0.39, 0.29) is 0 Å². The number of hydrogen-bond donors (Lipinski definition) is 0. The maximum atomic E-state index is 6.61. The molecule has 5 heteroatoms. The molecule has 0 fully saturated rings. The molecule has 0 saturated heterocycles. The Hall–Kier alpha value is 1.23. The van der Waals surface area contributed by atoms with Gasteiger partial charge in [0.2, 0.25) is 0 Å². The van der Waals surface area contributed by atoms with Gasteiger partial charge in [0, 0.05) is 0 Å². The minimum atomic E-state index is -1.54. The summed E-state index contributed by atoms with van der Waals surface area (Å²) in [5.74, 6) is 0. The summed E-state index contributed by atoms with van der Waals surface area (Å²) < 4.78 is 0. The Kier molecular flexibility index (Phi) is 5.24. The minimum Gasteiger partial charge on any atom is -0.168 e. The first-order valence-corrected chi connectivity index (χ1v) is 17.0. The highest BCUT2D eigenvalue weighted by molar-refractivity contribution is 7.29. The number of rotatable bonds is 4. The molecule has 0 rings (SSSR count). The molecular weight excluding hydrogens is 275 g/mol. The highest BCUT2D eigenvalue weighted by Gasteiger charge is 2.47. The van der Waals surface area contributed by atoms with Crippen molar-refractivity contribution in [3.05, 3.63) is 0 Å². The summed E-state index contributed by atoms with van der Waals surface area (Å²) in [5.41, 5.74) is 0. The summed E-state index contributed by atoms with van der Waals surface area (Å²) in [4.78, 5) is 0. The normalized spacial score (nSPS) is 18.8. The van der Waals surface area contributed by atoms with Gasteiger partial charge >= 0.3 is 0 Å². The predicted octanol–water partition coefficient (Wildman–Crippen LogP) is 5.44. The minimum absolute atomic E-state index is 0.715. The van der Waals surface area contributed by atoms with Crippen molar-refractivity contribution in [1.29, 1.82) is 0 Å². The smallest absolute Gasteiger partial charge is 0.150 e. The molecule has 0 saturated carbocycles. The standard InChI is InChI=1S/C10H26Cl2Si3/c1-9(14(5,6)11)13(3,4)10(2)15(7,8)12/h9-10H,1-8H3. The average Bonchev–Trinajstić information content (AvgIpc) is 1.98. The highest BCUT2D eigenvalue weighted by atomic mass is 35.6. The van der Waals surface area contributed by atoms with Gasteiger partial charge in [0.1, 0.15) is 0 Å². The van der Waals surface area contributed by atoms with E-state index in [1.165, 1.54) is 0 Å². The molecule has 0 N–H and O–H groups in total. The van der Waals surface area contributed by atoms with E-state index in [4.69, 9.17) is 22.2 Å². The summed E-state index contributed by atoms with van der Waals surface area (Å²) in [6.45, 7) is 18.7. The Morgan fingerprint density at radius 2 is 0.867 bits per heavy atom. The van der Waals surface area contributed by atoms with E-state index in [0.717, 1.165) is 0 Å². The average molecular weight is 301 g/mol. The molecule has 0 aromatic rings. The Bertz CT molecular complexity index is 194. The van der Waals surface area contributed by atoms with Crippen LogP contribution in [0.15, 0.2) is 0 Å². The van der Waals surface area contributed by atoms with Crippen LogP contribution in [-0.2, 0) is 0 Å². The molecule has 0 radical (unpaired) electrons. The van der Waals surface area contributed by atoms with Gasteiger partial charge in [-0.1, -0.05) is 53.1 Å². The lowest BCUT2D eigenvalue weighted by atomic mass is 10.9. The molecule has 0 heterocycles. The Balaban J connectivity index is 4.98. The van der Waals surface area contributed by atoms with Crippen LogP contribution in [0, 0.1) is 0 Å². The summed E-state index contributed by atoms with van der Waals surface area (Å²) in [7, 11) is -4.40. The fraction of sp³-hybridized carbons (Fsp3) is 1.00. The van der Waals surface area contributed by atoms with E-state index in [2.05, 4.69) is 53.1 Å². The van der Waals surface area contributed by atoms with Crippen LogP contribution in [0.3, 0.4) is 0 Å². The molecule has 0 aromatic carbocycles. The van der Waals surface area contributed by atoms with Crippen molar-refractivity contribution in [3.63, 3.8) is 0 Å². The third-order valence-corrected chi connectivity index (χ3v) is 24.7. The third kappa shape index (κ3) is 4.19. The second kappa shape index (κ2) is 4.85. The first-order chi connectivity index (χ1) is 6.31. The molecule has 0 bridgehead atoms. The molecule has 0 amide bonds. The van der Waals surface area contributed by atoms with Crippen molar-refractivity contribution in [2.24, 2.45) is 0 Å². The maximum absolute atomic E-state index is 6.61. The van der Waals surface area contributed by atoms with Gasteiger partial charge in [0.05, 0.1) is 8.07 Å². The van der Waals surface area contributed by atoms with E-state index in [1.54, 1.807) is 0 Å². The van der Waals surface area contributed by atoms with Crippen LogP contribution in [0.2, 0.25) is 49.6 Å². The van der Waals surface area contributed by atoms with Crippen LogP contribution in [0.25, 0.3) is 0 Å². The summed E-state index contributed by atoms with van der Waals surface area (Å²) in [6, 6.07) is 0. The highest BCUT2D eigenvalue weighted by Crippen LogP contribution is 2.45. The monoisotopic (exact) mass is 300 g/mol. The van der Waals surface area contributed by atoms with Crippen LogP contribution in [0.1, 0.15) is 13.8 Å². The van der Waals surface area contributed by atoms with Crippen LogP contribution in [0.5, 0.6) is 0 Å². The van der Waals surface area contributed by atoms with Gasteiger partial charge in [-0.05, 0) is 10.3 Å². The van der Waals surface area contributed by atoms with Crippen molar-refractivity contribution in [1.82, 2.24) is 0 Å². The quantitative estimate of drug-likeness (QED) is 0.479. The van der Waals surface area contributed by atoms with Crippen LogP contribution >= 0.6 is 22.2 Å². The van der Waals surface area contributed by atoms with Crippen molar-refractivity contribution in [2.45, 2.75) is 63.5 Å². The second-order valence-electron chi connectivity index (χ2n) is 6.39. The van der Waals surface area contributed by atoms with Crippen molar-refractivity contribution in [3.8, 4) is 0 Å². The zero-order chi connectivity index (χ0) is 12.7. The lowest BCUT2D eigenvalue weighted by molar-refractivity contribution is 1.09. The first kappa shape index (κ1) is 16.2. The first-order valence-electron chi connectivity index (χ1n) is 5.69. The van der Waals surface area contributed by atoms with Gasteiger partial charge in [-0.15, -0.1) is 0 Å². The SMILES string of the molecule is CC([Si](C)(C)Cl)[Si](C)(C)C(C)[Si](C)(C)Cl. The predicted molar refractivity (Wildman–Crippen MR) is 83.0 cm³/mol. The number of hydrogen-bond acceptors (Lipinski definition) is 0. The lowest BCUT2D eigenvalue weighted by Crippen LogP contribution is -2.51. The van der Waals surface area contributed by atoms with Crippen molar-refractivity contribution >= 4 is 45.0 Å². The molecule has 0 nitrogen and oxygen atoms in total. The van der Waals surface area contributed by atoms with Gasteiger partial charge in [-0.2, -0.15) is 22.2 Å². The van der Waals surface area contributed by atoms with Crippen LogP contribution < -0.4 is 0 Å². The van der Waals surface area contributed by atoms with Gasteiger partial charge < -0.3 is 0 Å². The topological polar surface area (TPSA) is 0 Å². The zero-order valence-electron chi connectivity index (χ0n) is 11.4. The molecule has 92 valence electrons. The largest absolute Gasteiger partial charge is 0.168 e.